The maximum absolute atomic E-state index is 11.6. The Labute approximate surface area is 123 Å². The summed E-state index contributed by atoms with van der Waals surface area (Å²) >= 11 is 0. The van der Waals surface area contributed by atoms with Gasteiger partial charge in [-0.05, 0) is 37.8 Å². The third-order valence-electron chi connectivity index (χ3n) is 3.02. The van der Waals surface area contributed by atoms with Gasteiger partial charge in [-0.2, -0.15) is 0 Å². The number of amides is 1. The molecule has 0 radical (unpaired) electrons. The fraction of sp³-hybridized carbons (Fsp3) is 0.588. The highest BCUT2D eigenvalue weighted by Gasteiger charge is 2.12. The van der Waals surface area contributed by atoms with Crippen molar-refractivity contribution in [2.75, 3.05) is 6.54 Å². The Morgan fingerprint density at radius 1 is 1.15 bits per heavy atom. The van der Waals surface area contributed by atoms with Gasteiger partial charge in [0.25, 0.3) is 0 Å². The highest BCUT2D eigenvalue weighted by molar-refractivity contribution is 5.76. The summed E-state index contributed by atoms with van der Waals surface area (Å²) in [5.74, 6) is 0.665. The molecule has 0 bridgehead atoms. The number of nitrogens with one attached hydrogen (secondary N) is 2. The van der Waals surface area contributed by atoms with E-state index >= 15 is 0 Å². The highest BCUT2D eigenvalue weighted by atomic mass is 16.1. The molecule has 3 heteroatoms. The topological polar surface area (TPSA) is 41.1 Å². The number of hydrogen-bond acceptors (Lipinski definition) is 2. The van der Waals surface area contributed by atoms with Crippen LogP contribution in [0, 0.1) is 0 Å². The average molecular weight is 276 g/mol. The number of benzene rings is 1. The normalized spacial score (nSPS) is 11.7. The first-order valence-corrected chi connectivity index (χ1v) is 7.38. The highest BCUT2D eigenvalue weighted by Crippen LogP contribution is 2.14. The summed E-state index contributed by atoms with van der Waals surface area (Å²) in [6.07, 6.45) is 0.515. The van der Waals surface area contributed by atoms with Gasteiger partial charge in [-0.1, -0.05) is 38.1 Å². The molecular weight excluding hydrogens is 248 g/mol. The van der Waals surface area contributed by atoms with E-state index in [2.05, 4.69) is 48.7 Å². The van der Waals surface area contributed by atoms with Crippen molar-refractivity contribution in [1.29, 1.82) is 0 Å². The van der Waals surface area contributed by atoms with Crippen LogP contribution in [0.15, 0.2) is 24.3 Å². The second-order valence-electron chi connectivity index (χ2n) is 6.62. The van der Waals surface area contributed by atoms with Gasteiger partial charge in [-0.15, -0.1) is 0 Å². The molecule has 0 fully saturated rings. The van der Waals surface area contributed by atoms with Crippen LogP contribution in [0.2, 0.25) is 0 Å². The monoisotopic (exact) mass is 276 g/mol. The number of carbonyl (C=O) groups excluding carboxylic acids is 1. The van der Waals surface area contributed by atoms with Crippen molar-refractivity contribution in [1.82, 2.24) is 10.6 Å². The lowest BCUT2D eigenvalue weighted by atomic mass is 10.0. The minimum atomic E-state index is -0.149. The summed E-state index contributed by atoms with van der Waals surface area (Å²) < 4.78 is 0. The van der Waals surface area contributed by atoms with Gasteiger partial charge in [-0.25, -0.2) is 0 Å². The van der Waals surface area contributed by atoms with Gasteiger partial charge in [0, 0.05) is 25.0 Å². The fourth-order valence-electron chi connectivity index (χ4n) is 1.94. The van der Waals surface area contributed by atoms with Crippen LogP contribution in [0.5, 0.6) is 0 Å². The zero-order chi connectivity index (χ0) is 15.2. The number of rotatable bonds is 6. The van der Waals surface area contributed by atoms with E-state index in [9.17, 15) is 4.79 Å². The van der Waals surface area contributed by atoms with Crippen LogP contribution in [0.4, 0.5) is 0 Å². The minimum absolute atomic E-state index is 0.0974. The molecule has 0 spiro atoms. The predicted octanol–water partition coefficient (Wildman–Crippen LogP) is 3.20. The summed E-state index contributed by atoms with van der Waals surface area (Å²) in [7, 11) is 0. The second kappa shape index (κ2) is 7.44. The van der Waals surface area contributed by atoms with Crippen molar-refractivity contribution in [3.05, 3.63) is 35.4 Å². The molecular formula is C17H28N2O. The van der Waals surface area contributed by atoms with E-state index in [0.29, 0.717) is 18.9 Å². The Balaban J connectivity index is 2.26. The van der Waals surface area contributed by atoms with Gasteiger partial charge >= 0.3 is 0 Å². The first-order chi connectivity index (χ1) is 9.28. The Hall–Kier alpha value is -1.35. The smallest absolute Gasteiger partial charge is 0.221 e. The summed E-state index contributed by atoms with van der Waals surface area (Å²) in [4.78, 5) is 11.6. The third-order valence-corrected chi connectivity index (χ3v) is 3.02. The molecule has 1 aromatic carbocycles. The molecule has 112 valence electrons. The van der Waals surface area contributed by atoms with Gasteiger partial charge in [-0.3, -0.25) is 4.79 Å². The van der Waals surface area contributed by atoms with E-state index in [4.69, 9.17) is 0 Å². The Morgan fingerprint density at radius 3 is 2.25 bits per heavy atom. The summed E-state index contributed by atoms with van der Waals surface area (Å²) in [6, 6.07) is 8.65. The Kier molecular flexibility index (Phi) is 6.21. The molecule has 0 aliphatic rings. The molecule has 0 saturated heterocycles. The van der Waals surface area contributed by atoms with Crippen molar-refractivity contribution in [2.24, 2.45) is 0 Å². The zero-order valence-electron chi connectivity index (χ0n) is 13.4. The van der Waals surface area contributed by atoms with Crippen molar-refractivity contribution >= 4 is 5.91 Å². The van der Waals surface area contributed by atoms with Crippen molar-refractivity contribution in [2.45, 2.75) is 59.0 Å². The SMILES string of the molecule is CC(C)c1ccc(CNCCC(=O)NC(C)(C)C)cc1. The molecule has 0 atom stereocenters. The van der Waals surface area contributed by atoms with Gasteiger partial charge < -0.3 is 10.6 Å². The quantitative estimate of drug-likeness (QED) is 0.783. The van der Waals surface area contributed by atoms with E-state index in [-0.39, 0.29) is 11.4 Å². The van der Waals surface area contributed by atoms with E-state index in [0.717, 1.165) is 6.54 Å². The molecule has 0 aliphatic heterocycles. The Morgan fingerprint density at radius 2 is 1.75 bits per heavy atom. The molecule has 1 amide bonds. The molecule has 1 aromatic rings. The van der Waals surface area contributed by atoms with Crippen LogP contribution in [0.1, 0.15) is 58.1 Å². The minimum Gasteiger partial charge on any atom is -0.351 e. The fourth-order valence-corrected chi connectivity index (χ4v) is 1.94. The molecule has 2 N–H and O–H groups in total. The van der Waals surface area contributed by atoms with Crippen LogP contribution in [-0.2, 0) is 11.3 Å². The second-order valence-corrected chi connectivity index (χ2v) is 6.62. The molecule has 0 aliphatic carbocycles. The molecule has 3 nitrogen and oxygen atoms in total. The van der Waals surface area contributed by atoms with Gasteiger partial charge in [0.2, 0.25) is 5.91 Å². The van der Waals surface area contributed by atoms with Crippen LogP contribution >= 0.6 is 0 Å². The Bertz CT molecular complexity index is 416. The van der Waals surface area contributed by atoms with Gasteiger partial charge in [0.05, 0.1) is 0 Å². The molecule has 0 heterocycles. The maximum atomic E-state index is 11.6. The first kappa shape index (κ1) is 16.7. The van der Waals surface area contributed by atoms with Gasteiger partial charge in [0.15, 0.2) is 0 Å². The number of hydrogen-bond donors (Lipinski definition) is 2. The summed E-state index contributed by atoms with van der Waals surface area (Å²) in [5.41, 5.74) is 2.47. The molecule has 0 unspecified atom stereocenters. The van der Waals surface area contributed by atoms with Crippen LogP contribution in [0.3, 0.4) is 0 Å². The molecule has 0 saturated carbocycles. The van der Waals surface area contributed by atoms with Crippen molar-refractivity contribution in [3.63, 3.8) is 0 Å². The van der Waals surface area contributed by atoms with Crippen LogP contribution in [0.25, 0.3) is 0 Å². The van der Waals surface area contributed by atoms with Crippen LogP contribution < -0.4 is 10.6 Å². The lowest BCUT2D eigenvalue weighted by molar-refractivity contribution is -0.122. The molecule has 1 rings (SSSR count). The lowest BCUT2D eigenvalue weighted by Crippen LogP contribution is -2.41. The summed E-state index contributed by atoms with van der Waals surface area (Å²) in [5, 5.41) is 6.26. The summed E-state index contributed by atoms with van der Waals surface area (Å²) in [6.45, 7) is 11.9. The third kappa shape index (κ3) is 6.71. The average Bonchev–Trinajstić information content (AvgIpc) is 2.33. The molecule has 0 aromatic heterocycles. The number of carbonyl (C=O) groups is 1. The van der Waals surface area contributed by atoms with E-state index in [1.165, 1.54) is 11.1 Å². The first-order valence-electron chi connectivity index (χ1n) is 7.38. The zero-order valence-corrected chi connectivity index (χ0v) is 13.4. The van der Waals surface area contributed by atoms with Crippen molar-refractivity contribution in [3.8, 4) is 0 Å². The van der Waals surface area contributed by atoms with Gasteiger partial charge in [0.1, 0.15) is 0 Å². The van der Waals surface area contributed by atoms with E-state index in [1.54, 1.807) is 0 Å². The van der Waals surface area contributed by atoms with Crippen LogP contribution in [-0.4, -0.2) is 18.0 Å². The van der Waals surface area contributed by atoms with Crippen molar-refractivity contribution < 1.29 is 4.79 Å². The lowest BCUT2D eigenvalue weighted by Gasteiger charge is -2.20. The van der Waals surface area contributed by atoms with E-state index < -0.39 is 0 Å². The predicted molar refractivity (Wildman–Crippen MR) is 84.8 cm³/mol. The van der Waals surface area contributed by atoms with E-state index in [1.807, 2.05) is 20.8 Å². The largest absolute Gasteiger partial charge is 0.351 e. The molecule has 20 heavy (non-hydrogen) atoms. The maximum Gasteiger partial charge on any atom is 0.221 e. The standard InChI is InChI=1S/C17H28N2O/c1-13(2)15-8-6-14(7-9-15)12-18-11-10-16(20)19-17(3,4)5/h6-9,13,18H,10-12H2,1-5H3,(H,19,20).